The molecule has 0 bridgehead atoms. The van der Waals surface area contributed by atoms with Crippen molar-refractivity contribution in [2.24, 2.45) is 0 Å². The smallest absolute Gasteiger partial charge is 0.139 e. The van der Waals surface area contributed by atoms with Crippen molar-refractivity contribution in [2.45, 2.75) is 6.61 Å². The summed E-state index contributed by atoms with van der Waals surface area (Å²) in [5.74, 6) is 0.679. The predicted octanol–water partition coefficient (Wildman–Crippen LogP) is 3.66. The summed E-state index contributed by atoms with van der Waals surface area (Å²) < 4.78 is 6.45. The van der Waals surface area contributed by atoms with Gasteiger partial charge in [0.1, 0.15) is 12.4 Å². The quantitative estimate of drug-likeness (QED) is 0.880. The Kier molecular flexibility index (Phi) is 3.86. The normalized spacial score (nSPS) is 10.2. The number of benzene rings is 1. The van der Waals surface area contributed by atoms with Crippen LogP contribution in [0.5, 0.6) is 5.75 Å². The number of nitrogens with two attached hydrogens (primary N) is 1. The van der Waals surface area contributed by atoms with Gasteiger partial charge in [-0.05, 0) is 40.2 Å². The molecule has 5 heteroatoms. The lowest BCUT2D eigenvalue weighted by atomic mass is 10.2. The highest BCUT2D eigenvalue weighted by molar-refractivity contribution is 9.10. The number of ether oxygens (including phenoxy) is 1. The van der Waals surface area contributed by atoms with Crippen molar-refractivity contribution in [2.75, 3.05) is 5.73 Å². The predicted molar refractivity (Wildman–Crippen MR) is 72.1 cm³/mol. The van der Waals surface area contributed by atoms with Gasteiger partial charge in [-0.25, -0.2) is 0 Å². The number of halogens is 2. The van der Waals surface area contributed by atoms with E-state index in [4.69, 9.17) is 22.1 Å². The van der Waals surface area contributed by atoms with Crippen LogP contribution in [0.15, 0.2) is 41.1 Å². The molecule has 0 atom stereocenters. The third-order valence-corrected chi connectivity index (χ3v) is 2.85. The molecule has 0 aliphatic carbocycles. The monoisotopic (exact) mass is 312 g/mol. The average molecular weight is 314 g/mol. The minimum absolute atomic E-state index is 0.366. The first-order chi connectivity index (χ1) is 8.15. The highest BCUT2D eigenvalue weighted by atomic mass is 79.9. The Labute approximate surface area is 113 Å². The molecule has 1 aromatic carbocycles. The Hall–Kier alpha value is -1.26. The minimum Gasteiger partial charge on any atom is -0.487 e. The van der Waals surface area contributed by atoms with Gasteiger partial charge < -0.3 is 10.5 Å². The van der Waals surface area contributed by atoms with Gasteiger partial charge in [0.25, 0.3) is 0 Å². The fourth-order valence-corrected chi connectivity index (χ4v) is 1.87. The van der Waals surface area contributed by atoms with E-state index in [1.807, 2.05) is 6.07 Å². The molecular formula is C12H10BrClN2O. The molecule has 0 aliphatic rings. The fourth-order valence-electron chi connectivity index (χ4n) is 1.33. The summed E-state index contributed by atoms with van der Waals surface area (Å²) in [6.45, 7) is 0.366. The van der Waals surface area contributed by atoms with E-state index in [0.717, 1.165) is 10.0 Å². The second-order valence-electron chi connectivity index (χ2n) is 3.47. The number of anilines is 1. The molecule has 1 heterocycles. The lowest BCUT2D eigenvalue weighted by Crippen LogP contribution is -2.00. The van der Waals surface area contributed by atoms with Gasteiger partial charge in [0.05, 0.1) is 6.20 Å². The maximum absolute atomic E-state index is 5.89. The number of nitrogen functional groups attached to an aromatic ring is 1. The van der Waals surface area contributed by atoms with E-state index in [2.05, 4.69) is 20.9 Å². The van der Waals surface area contributed by atoms with E-state index in [-0.39, 0.29) is 0 Å². The van der Waals surface area contributed by atoms with Crippen molar-refractivity contribution in [1.82, 2.24) is 4.98 Å². The highest BCUT2D eigenvalue weighted by Crippen LogP contribution is 2.21. The van der Waals surface area contributed by atoms with Gasteiger partial charge >= 0.3 is 0 Å². The summed E-state index contributed by atoms with van der Waals surface area (Å²) in [5.41, 5.74) is 7.34. The molecule has 1 aromatic heterocycles. The van der Waals surface area contributed by atoms with Crippen molar-refractivity contribution >= 4 is 33.2 Å². The summed E-state index contributed by atoms with van der Waals surface area (Å²) in [6, 6.07) is 7.15. The third kappa shape index (κ3) is 3.35. The summed E-state index contributed by atoms with van der Waals surface area (Å²) in [5, 5.41) is 0.644. The zero-order valence-electron chi connectivity index (χ0n) is 8.86. The molecular weight excluding hydrogens is 304 g/mol. The molecule has 2 rings (SSSR count). The number of rotatable bonds is 3. The number of pyridine rings is 1. The van der Waals surface area contributed by atoms with E-state index in [1.165, 1.54) is 0 Å². The van der Waals surface area contributed by atoms with E-state index in [9.17, 15) is 0 Å². The van der Waals surface area contributed by atoms with Crippen LogP contribution in [-0.2, 0) is 6.61 Å². The summed E-state index contributed by atoms with van der Waals surface area (Å²) in [4.78, 5) is 4.01. The van der Waals surface area contributed by atoms with Gasteiger partial charge in [-0.3, -0.25) is 4.98 Å². The zero-order chi connectivity index (χ0) is 12.3. The third-order valence-electron chi connectivity index (χ3n) is 2.18. The molecule has 0 saturated heterocycles. The number of hydrogen-bond donors (Lipinski definition) is 1. The van der Waals surface area contributed by atoms with Crippen LogP contribution in [0.3, 0.4) is 0 Å². The van der Waals surface area contributed by atoms with Gasteiger partial charge in [-0.2, -0.15) is 0 Å². The zero-order valence-corrected chi connectivity index (χ0v) is 11.2. The second kappa shape index (κ2) is 5.38. The van der Waals surface area contributed by atoms with Gasteiger partial charge in [0.15, 0.2) is 0 Å². The molecule has 0 saturated carbocycles. The number of nitrogens with zero attached hydrogens (tertiary/aromatic N) is 1. The average Bonchev–Trinajstić information content (AvgIpc) is 2.30. The molecule has 0 fully saturated rings. The van der Waals surface area contributed by atoms with Gasteiger partial charge in [0.2, 0.25) is 0 Å². The fraction of sp³-hybridized carbons (Fsp3) is 0.0833. The largest absolute Gasteiger partial charge is 0.487 e. The van der Waals surface area contributed by atoms with E-state index in [1.54, 1.807) is 30.6 Å². The molecule has 3 nitrogen and oxygen atoms in total. The molecule has 17 heavy (non-hydrogen) atoms. The standard InChI is InChI=1S/C12H10BrClN2O/c13-9-4-11(6-16-5-9)17-7-8-3-10(14)1-2-12(8)15/h1-6H,7,15H2. The van der Waals surface area contributed by atoms with Crippen LogP contribution in [0.2, 0.25) is 5.02 Å². The van der Waals surface area contributed by atoms with Crippen LogP contribution in [-0.4, -0.2) is 4.98 Å². The number of aromatic nitrogens is 1. The molecule has 0 aliphatic heterocycles. The van der Waals surface area contributed by atoms with E-state index < -0.39 is 0 Å². The van der Waals surface area contributed by atoms with Crippen molar-refractivity contribution in [3.63, 3.8) is 0 Å². The molecule has 2 aromatic rings. The first-order valence-corrected chi connectivity index (χ1v) is 6.09. The molecule has 2 N–H and O–H groups in total. The van der Waals surface area contributed by atoms with Gasteiger partial charge in [-0.15, -0.1) is 0 Å². The maximum atomic E-state index is 5.89. The Morgan fingerprint density at radius 3 is 2.88 bits per heavy atom. The second-order valence-corrected chi connectivity index (χ2v) is 4.82. The van der Waals surface area contributed by atoms with Crippen LogP contribution in [0.1, 0.15) is 5.56 Å². The molecule has 88 valence electrons. The van der Waals surface area contributed by atoms with Crippen molar-refractivity contribution < 1.29 is 4.74 Å². The van der Waals surface area contributed by atoms with Crippen LogP contribution in [0.25, 0.3) is 0 Å². The van der Waals surface area contributed by atoms with E-state index in [0.29, 0.717) is 23.1 Å². The van der Waals surface area contributed by atoms with Crippen molar-refractivity contribution in [3.05, 3.63) is 51.7 Å². The molecule has 0 unspecified atom stereocenters. The Morgan fingerprint density at radius 1 is 1.29 bits per heavy atom. The Bertz CT molecular complexity index is 534. The SMILES string of the molecule is Nc1ccc(Cl)cc1COc1cncc(Br)c1. The lowest BCUT2D eigenvalue weighted by molar-refractivity contribution is 0.305. The van der Waals surface area contributed by atoms with Crippen LogP contribution >= 0.6 is 27.5 Å². The van der Waals surface area contributed by atoms with Gasteiger partial charge in [-0.1, -0.05) is 11.6 Å². The van der Waals surface area contributed by atoms with E-state index >= 15 is 0 Å². The number of hydrogen-bond acceptors (Lipinski definition) is 3. The van der Waals surface area contributed by atoms with Crippen LogP contribution < -0.4 is 10.5 Å². The minimum atomic E-state index is 0.366. The Morgan fingerprint density at radius 2 is 2.12 bits per heavy atom. The van der Waals surface area contributed by atoms with Crippen molar-refractivity contribution in [3.8, 4) is 5.75 Å². The first-order valence-electron chi connectivity index (χ1n) is 4.92. The van der Waals surface area contributed by atoms with Crippen molar-refractivity contribution in [1.29, 1.82) is 0 Å². The van der Waals surface area contributed by atoms with Crippen LogP contribution in [0.4, 0.5) is 5.69 Å². The summed E-state index contributed by atoms with van der Waals surface area (Å²) >= 11 is 9.22. The molecule has 0 radical (unpaired) electrons. The molecule has 0 amide bonds. The van der Waals surface area contributed by atoms with Crippen LogP contribution in [0, 0.1) is 0 Å². The van der Waals surface area contributed by atoms with Gasteiger partial charge in [0, 0.05) is 26.9 Å². The molecule has 0 spiro atoms. The maximum Gasteiger partial charge on any atom is 0.139 e. The first kappa shape index (κ1) is 12.2. The Balaban J connectivity index is 2.09. The lowest BCUT2D eigenvalue weighted by Gasteiger charge is -2.08. The summed E-state index contributed by atoms with van der Waals surface area (Å²) in [6.07, 6.45) is 3.34. The topological polar surface area (TPSA) is 48.1 Å². The highest BCUT2D eigenvalue weighted by Gasteiger charge is 2.02. The summed E-state index contributed by atoms with van der Waals surface area (Å²) in [7, 11) is 0.